The zero-order valence-electron chi connectivity index (χ0n) is 14.7. The molecular formula is C21H13N2O2PS2. The van der Waals surface area contributed by atoms with Crippen LogP contribution in [0.4, 0.5) is 0 Å². The zero-order chi connectivity index (χ0) is 18.8. The number of hydrogen-bond donors (Lipinski definition) is 0. The topological polar surface area (TPSA) is 52.1 Å². The van der Waals surface area contributed by atoms with E-state index in [0.29, 0.717) is 0 Å². The Labute approximate surface area is 170 Å². The van der Waals surface area contributed by atoms with Crippen LogP contribution in [0.25, 0.3) is 52.7 Å². The Morgan fingerprint density at radius 3 is 1.82 bits per heavy atom. The van der Waals surface area contributed by atoms with E-state index in [-0.39, 0.29) is 0 Å². The maximum atomic E-state index is 5.73. The Kier molecular flexibility index (Phi) is 3.51. The van der Waals surface area contributed by atoms with Crippen molar-refractivity contribution in [2.24, 2.45) is 0 Å². The normalized spacial score (nSPS) is 11.9. The summed E-state index contributed by atoms with van der Waals surface area (Å²) in [7, 11) is 2.57. The summed E-state index contributed by atoms with van der Waals surface area (Å²) >= 11 is 3.29. The van der Waals surface area contributed by atoms with Crippen molar-refractivity contribution in [2.45, 2.75) is 6.92 Å². The van der Waals surface area contributed by atoms with Crippen LogP contribution in [0.15, 0.2) is 57.4 Å². The van der Waals surface area contributed by atoms with Crippen molar-refractivity contribution >= 4 is 68.6 Å². The maximum absolute atomic E-state index is 5.73. The molecule has 136 valence electrons. The van der Waals surface area contributed by atoms with Crippen LogP contribution < -0.4 is 5.50 Å². The van der Waals surface area contributed by atoms with Crippen LogP contribution in [-0.4, -0.2) is 9.97 Å². The van der Waals surface area contributed by atoms with Gasteiger partial charge in [-0.05, 0) is 66.2 Å². The summed E-state index contributed by atoms with van der Waals surface area (Å²) in [4.78, 5) is 9.55. The van der Waals surface area contributed by atoms with Crippen molar-refractivity contribution in [1.82, 2.24) is 9.97 Å². The number of aryl methyl sites for hydroxylation is 1. The number of rotatable bonds is 2. The molecule has 0 saturated heterocycles. The van der Waals surface area contributed by atoms with Gasteiger partial charge in [0, 0.05) is 0 Å². The summed E-state index contributed by atoms with van der Waals surface area (Å²) in [5.74, 6) is 2.52. The molecule has 0 aliphatic heterocycles. The second kappa shape index (κ2) is 5.98. The predicted molar refractivity (Wildman–Crippen MR) is 120 cm³/mol. The van der Waals surface area contributed by atoms with Gasteiger partial charge in [-0.1, -0.05) is 9.24 Å². The monoisotopic (exact) mass is 420 g/mol. The summed E-state index contributed by atoms with van der Waals surface area (Å²) in [5.41, 5.74) is 2.79. The first-order chi connectivity index (χ1) is 13.6. The third kappa shape index (κ3) is 2.60. The molecule has 0 spiro atoms. The molecule has 1 unspecified atom stereocenters. The summed E-state index contributed by atoms with van der Waals surface area (Å²) in [5, 5.41) is 4.13. The van der Waals surface area contributed by atoms with Gasteiger partial charge in [0.1, 0.15) is 11.3 Å². The molecule has 1 atom stereocenters. The molecule has 0 fully saturated rings. The van der Waals surface area contributed by atoms with E-state index in [0.717, 1.165) is 64.0 Å². The first-order valence-electron chi connectivity index (χ1n) is 8.70. The molecule has 0 bridgehead atoms. The number of benzene rings is 2. The first kappa shape index (κ1) is 16.4. The third-order valence-corrected chi connectivity index (χ3v) is 7.02. The summed E-state index contributed by atoms with van der Waals surface area (Å²) in [6, 6.07) is 16.5. The van der Waals surface area contributed by atoms with E-state index in [1.807, 2.05) is 31.2 Å². The van der Waals surface area contributed by atoms with Crippen LogP contribution in [0.1, 0.15) is 5.76 Å². The van der Waals surface area contributed by atoms with Gasteiger partial charge >= 0.3 is 0 Å². The van der Waals surface area contributed by atoms with Gasteiger partial charge in [-0.2, -0.15) is 0 Å². The summed E-state index contributed by atoms with van der Waals surface area (Å²) < 4.78 is 13.7. The Morgan fingerprint density at radius 1 is 0.750 bits per heavy atom. The molecular weight excluding hydrogens is 407 g/mol. The lowest BCUT2D eigenvalue weighted by Crippen LogP contribution is -1.77. The third-order valence-electron chi connectivity index (χ3n) is 4.64. The van der Waals surface area contributed by atoms with E-state index >= 15 is 0 Å². The smallest absolute Gasteiger partial charge is 0.163 e. The molecule has 0 aliphatic rings. The molecule has 4 nitrogen and oxygen atoms in total. The van der Waals surface area contributed by atoms with Crippen molar-refractivity contribution in [3.8, 4) is 21.5 Å². The number of furan rings is 2. The minimum atomic E-state index is 0.802. The largest absolute Gasteiger partial charge is 0.459 e. The van der Waals surface area contributed by atoms with Gasteiger partial charge in [0.05, 0.1) is 20.4 Å². The fourth-order valence-electron chi connectivity index (χ4n) is 3.32. The number of nitrogens with zero attached hydrogens (tertiary/aromatic N) is 2. The standard InChI is InChI=1S/C21H13N2O2PS2/c1-10-2-3-15(24-10)20-22-13-6-11-9-18-14(7-12(11)8-17(13)27-20)23-21(28-18)16-4-5-19(26)25-16/h2-9H,26H2,1H3. The minimum Gasteiger partial charge on any atom is -0.459 e. The Balaban J connectivity index is 1.51. The molecule has 0 radical (unpaired) electrons. The predicted octanol–water partition coefficient (Wildman–Crippen LogP) is 6.39. The van der Waals surface area contributed by atoms with E-state index in [9.17, 15) is 0 Å². The molecule has 2 aromatic carbocycles. The average molecular weight is 420 g/mol. The number of fused-ring (bicyclic) bond motifs is 3. The van der Waals surface area contributed by atoms with Gasteiger partial charge in [0.2, 0.25) is 0 Å². The van der Waals surface area contributed by atoms with Crippen LogP contribution in [0.5, 0.6) is 0 Å². The fraction of sp³-hybridized carbons (Fsp3) is 0.0476. The molecule has 6 aromatic rings. The van der Waals surface area contributed by atoms with E-state index in [1.54, 1.807) is 22.7 Å². The molecule has 0 saturated carbocycles. The van der Waals surface area contributed by atoms with E-state index in [1.165, 1.54) is 0 Å². The Hall–Kier alpha value is -2.53. The first-order valence-corrected chi connectivity index (χ1v) is 10.9. The lowest BCUT2D eigenvalue weighted by molar-refractivity contribution is 0.548. The molecule has 0 amide bonds. The van der Waals surface area contributed by atoms with Crippen LogP contribution in [-0.2, 0) is 0 Å². The molecule has 4 heterocycles. The van der Waals surface area contributed by atoms with E-state index in [4.69, 9.17) is 18.8 Å². The van der Waals surface area contributed by atoms with Crippen molar-refractivity contribution < 1.29 is 8.83 Å². The fourth-order valence-corrected chi connectivity index (χ4v) is 5.46. The van der Waals surface area contributed by atoms with Crippen LogP contribution >= 0.6 is 31.9 Å². The molecule has 4 aromatic heterocycles. The van der Waals surface area contributed by atoms with Crippen LogP contribution in [0.3, 0.4) is 0 Å². The van der Waals surface area contributed by atoms with Gasteiger partial charge in [-0.25, -0.2) is 9.97 Å². The molecule has 0 aliphatic carbocycles. The summed E-state index contributed by atoms with van der Waals surface area (Å²) in [6.07, 6.45) is 0. The van der Waals surface area contributed by atoms with Crippen molar-refractivity contribution in [2.75, 3.05) is 0 Å². The van der Waals surface area contributed by atoms with Crippen molar-refractivity contribution in [3.63, 3.8) is 0 Å². The molecule has 28 heavy (non-hydrogen) atoms. The molecule has 6 rings (SSSR count). The summed E-state index contributed by atoms with van der Waals surface area (Å²) in [6.45, 7) is 1.95. The molecule has 0 N–H and O–H groups in total. The second-order valence-electron chi connectivity index (χ2n) is 6.64. The van der Waals surface area contributed by atoms with Crippen LogP contribution in [0, 0.1) is 6.92 Å². The van der Waals surface area contributed by atoms with Gasteiger partial charge in [0.25, 0.3) is 0 Å². The van der Waals surface area contributed by atoms with Crippen molar-refractivity contribution in [1.29, 1.82) is 0 Å². The highest BCUT2D eigenvalue weighted by atomic mass is 32.1. The highest BCUT2D eigenvalue weighted by Gasteiger charge is 2.13. The molecule has 7 heteroatoms. The maximum Gasteiger partial charge on any atom is 0.163 e. The Bertz CT molecular complexity index is 1330. The van der Waals surface area contributed by atoms with E-state index in [2.05, 4.69) is 33.5 Å². The highest BCUT2D eigenvalue weighted by Crippen LogP contribution is 2.37. The minimum absolute atomic E-state index is 0.802. The van der Waals surface area contributed by atoms with Gasteiger partial charge < -0.3 is 8.83 Å². The van der Waals surface area contributed by atoms with Gasteiger partial charge in [-0.3, -0.25) is 0 Å². The van der Waals surface area contributed by atoms with E-state index < -0.39 is 0 Å². The van der Waals surface area contributed by atoms with Gasteiger partial charge in [-0.15, -0.1) is 22.7 Å². The Morgan fingerprint density at radius 2 is 1.32 bits per heavy atom. The zero-order valence-corrected chi connectivity index (χ0v) is 17.5. The number of hydrogen-bond acceptors (Lipinski definition) is 6. The SMILES string of the molecule is Cc1ccc(-c2nc3cc4cc5sc(-c6ccc(P)o6)nc5cc4cc3s2)o1. The highest BCUT2D eigenvalue weighted by molar-refractivity contribution is 7.26. The lowest BCUT2D eigenvalue weighted by atomic mass is 10.1. The number of aromatic nitrogens is 2. The lowest BCUT2D eigenvalue weighted by Gasteiger charge is -1.97. The quantitative estimate of drug-likeness (QED) is 0.305. The second-order valence-corrected chi connectivity index (χ2v) is 9.27. The number of thiazole rings is 2. The van der Waals surface area contributed by atoms with Crippen LogP contribution in [0.2, 0.25) is 0 Å². The van der Waals surface area contributed by atoms with Crippen molar-refractivity contribution in [3.05, 3.63) is 54.3 Å². The van der Waals surface area contributed by atoms with Gasteiger partial charge in [0.15, 0.2) is 21.5 Å². The average Bonchev–Trinajstić information content (AvgIpc) is 3.43.